The molecule has 3 saturated heterocycles. The van der Waals surface area contributed by atoms with E-state index in [4.69, 9.17) is 21.3 Å². The minimum Gasteiger partial charge on any atom is -0.492 e. The molecule has 2 aliphatic carbocycles. The Kier molecular flexibility index (Phi) is 8.99. The number of halogens is 1. The normalized spacial score (nSPS) is 26.3. The zero-order chi connectivity index (χ0) is 38.5. The Bertz CT molecular complexity index is 2290. The molecule has 0 unspecified atom stereocenters. The monoisotopic (exact) mass is 785 g/mol. The third-order valence-electron chi connectivity index (χ3n) is 16.3. The van der Waals surface area contributed by atoms with Crippen LogP contribution in [0.3, 0.4) is 0 Å². The summed E-state index contributed by atoms with van der Waals surface area (Å²) in [6.45, 7) is 9.90. The fourth-order valence-corrected chi connectivity index (χ4v) is 13.1. The largest absolute Gasteiger partial charge is 0.492 e. The summed E-state index contributed by atoms with van der Waals surface area (Å²) in [5.74, 6) is 2.46. The first-order valence-electron chi connectivity index (χ1n) is 22.2. The molecule has 6 heterocycles. The van der Waals surface area contributed by atoms with Crippen molar-refractivity contribution in [1.82, 2.24) is 24.3 Å². The van der Waals surface area contributed by atoms with Crippen LogP contribution < -0.4 is 10.3 Å². The van der Waals surface area contributed by atoms with Gasteiger partial charge in [-0.15, -0.1) is 0 Å². The van der Waals surface area contributed by atoms with Gasteiger partial charge in [-0.3, -0.25) is 24.0 Å². The van der Waals surface area contributed by atoms with Crippen LogP contribution in [0.1, 0.15) is 128 Å². The lowest BCUT2D eigenvalue weighted by molar-refractivity contribution is -0.0244. The average molecular weight is 786 g/mol. The van der Waals surface area contributed by atoms with Gasteiger partial charge in [-0.2, -0.15) is 4.98 Å². The second-order valence-electron chi connectivity index (χ2n) is 18.9. The summed E-state index contributed by atoms with van der Waals surface area (Å²) >= 11 is 6.63. The highest BCUT2D eigenvalue weighted by molar-refractivity contribution is 6.35. The molecule has 8 nitrogen and oxygen atoms in total. The van der Waals surface area contributed by atoms with E-state index in [9.17, 15) is 9.59 Å². The van der Waals surface area contributed by atoms with Crippen LogP contribution in [0.4, 0.5) is 0 Å². The molecule has 3 aromatic carbocycles. The van der Waals surface area contributed by atoms with Crippen LogP contribution in [-0.4, -0.2) is 94.5 Å². The van der Waals surface area contributed by atoms with Crippen LogP contribution in [0.2, 0.25) is 5.02 Å². The van der Waals surface area contributed by atoms with Gasteiger partial charge in [0.1, 0.15) is 17.9 Å². The molecule has 4 aromatic rings. The maximum atomic E-state index is 13.4. The van der Waals surface area contributed by atoms with E-state index in [1.54, 1.807) is 0 Å². The smallest absolute Gasteiger partial charge is 0.282 e. The third kappa shape index (κ3) is 5.74. The highest BCUT2D eigenvalue weighted by Crippen LogP contribution is 2.53. The van der Waals surface area contributed by atoms with Crippen molar-refractivity contribution in [2.24, 2.45) is 0 Å². The van der Waals surface area contributed by atoms with E-state index >= 15 is 0 Å². The predicted octanol–water partition coefficient (Wildman–Crippen LogP) is 8.32. The average Bonchev–Trinajstić information content (AvgIpc) is 3.71. The van der Waals surface area contributed by atoms with Crippen LogP contribution in [-0.2, 0) is 10.8 Å². The van der Waals surface area contributed by atoms with E-state index in [2.05, 4.69) is 49.6 Å². The van der Waals surface area contributed by atoms with Gasteiger partial charge in [-0.25, -0.2) is 0 Å². The first-order valence-corrected chi connectivity index (χ1v) is 22.5. The molecule has 2 spiro atoms. The van der Waals surface area contributed by atoms with Gasteiger partial charge in [-0.1, -0.05) is 61.2 Å². The van der Waals surface area contributed by atoms with Gasteiger partial charge in [0.2, 0.25) is 0 Å². The number of hydrogen-bond acceptors (Lipinski definition) is 7. The quantitative estimate of drug-likeness (QED) is 0.189. The molecule has 0 bridgehead atoms. The summed E-state index contributed by atoms with van der Waals surface area (Å²) in [6.07, 6.45) is 16.6. The number of rotatable bonds is 5. The topological polar surface area (TPSA) is 70.9 Å². The van der Waals surface area contributed by atoms with Crippen molar-refractivity contribution in [1.29, 1.82) is 0 Å². The Balaban J connectivity index is 0.697. The van der Waals surface area contributed by atoms with Crippen LogP contribution >= 0.6 is 11.6 Å². The van der Waals surface area contributed by atoms with Crippen LogP contribution in [0.25, 0.3) is 16.6 Å². The van der Waals surface area contributed by atoms with Crippen molar-refractivity contribution in [3.05, 3.63) is 97.5 Å². The fraction of sp³-hybridized carbons (Fsp3) is 0.562. The molecule has 7 aliphatic rings. The molecule has 2 saturated carbocycles. The fourth-order valence-electron chi connectivity index (χ4n) is 12.8. The number of aldehydes is 1. The maximum absolute atomic E-state index is 13.4. The van der Waals surface area contributed by atoms with Crippen molar-refractivity contribution in [3.8, 4) is 11.4 Å². The number of likely N-dealkylation sites (tertiary alicyclic amines) is 3. The Labute approximate surface area is 341 Å². The molecular weight excluding hydrogens is 730 g/mol. The molecular formula is C48H56ClN5O3. The van der Waals surface area contributed by atoms with Gasteiger partial charge < -0.3 is 9.64 Å². The lowest BCUT2D eigenvalue weighted by Gasteiger charge is -2.52. The summed E-state index contributed by atoms with van der Waals surface area (Å²) in [7, 11) is 0. The number of carbonyl (C=O) groups excluding carboxylic acids is 1. The standard InChI is InChI=1S/C48H56ClN5O3/c1-31-34(29-55)9-15-39-44(31)57-30-47(39)20-24-52(25-21-47)35-10-12-36(13-11-35)53-27-37(28-53)51-22-16-32(17-23-51)33-8-14-38-42(26-33)54-41-7-5-6-40(49)43(41)45(56)50-46(54)48(38)18-3-2-4-19-48/h5-9,14-15,26,29,32,35-37H,2-4,10-13,16-25,27-28,30H2,1H3. The number of benzene rings is 3. The Morgan fingerprint density at radius 2 is 1.49 bits per heavy atom. The second-order valence-corrected chi connectivity index (χ2v) is 19.3. The van der Waals surface area contributed by atoms with E-state index in [0.717, 1.165) is 85.9 Å². The zero-order valence-corrected chi connectivity index (χ0v) is 34.2. The summed E-state index contributed by atoms with van der Waals surface area (Å²) in [5, 5.41) is 1.03. The molecule has 57 heavy (non-hydrogen) atoms. The van der Waals surface area contributed by atoms with E-state index in [1.807, 2.05) is 25.1 Å². The zero-order valence-electron chi connectivity index (χ0n) is 33.5. The number of nitrogens with zero attached hydrogens (tertiary/aromatic N) is 5. The summed E-state index contributed by atoms with van der Waals surface area (Å²) in [4.78, 5) is 38.1. The lowest BCUT2D eigenvalue weighted by atomic mass is 9.69. The molecule has 11 rings (SSSR count). The second kappa shape index (κ2) is 14.0. The van der Waals surface area contributed by atoms with E-state index in [0.29, 0.717) is 28.4 Å². The van der Waals surface area contributed by atoms with Gasteiger partial charge in [0, 0.05) is 53.3 Å². The Morgan fingerprint density at radius 1 is 0.789 bits per heavy atom. The van der Waals surface area contributed by atoms with Gasteiger partial charge >= 0.3 is 0 Å². The summed E-state index contributed by atoms with van der Waals surface area (Å²) in [6, 6.07) is 19.4. The molecule has 298 valence electrons. The molecule has 9 heteroatoms. The summed E-state index contributed by atoms with van der Waals surface area (Å²) < 4.78 is 8.55. The Morgan fingerprint density at radius 3 is 2.23 bits per heavy atom. The lowest BCUT2D eigenvalue weighted by Crippen LogP contribution is -2.63. The van der Waals surface area contributed by atoms with Crippen LogP contribution in [0.15, 0.2) is 53.3 Å². The minimum atomic E-state index is -0.195. The van der Waals surface area contributed by atoms with Crippen molar-refractivity contribution in [3.63, 3.8) is 0 Å². The highest BCUT2D eigenvalue weighted by atomic mass is 35.5. The van der Waals surface area contributed by atoms with Crippen molar-refractivity contribution < 1.29 is 9.53 Å². The SMILES string of the molecule is Cc1c(C=O)ccc2c1OCC21CCN(C2CCC(N3CC(N4CCC(c5ccc6c(c5)-n5c(nc(=O)c7c(Cl)cccc75)C65CCCCC5)CC4)C3)CC2)CC1. The van der Waals surface area contributed by atoms with Crippen LogP contribution in [0.5, 0.6) is 5.75 Å². The highest BCUT2D eigenvalue weighted by Gasteiger charge is 2.48. The van der Waals surface area contributed by atoms with Crippen molar-refractivity contribution in [2.75, 3.05) is 45.9 Å². The summed E-state index contributed by atoms with van der Waals surface area (Å²) in [5.41, 5.74) is 7.74. The number of aromatic nitrogens is 2. The number of ether oxygens (including phenoxy) is 1. The van der Waals surface area contributed by atoms with Gasteiger partial charge in [0.15, 0.2) is 0 Å². The number of carbonyl (C=O) groups is 1. The molecule has 0 radical (unpaired) electrons. The van der Waals surface area contributed by atoms with Gasteiger partial charge in [0.25, 0.3) is 5.56 Å². The number of piperidine rings is 2. The minimum absolute atomic E-state index is 0.118. The van der Waals surface area contributed by atoms with E-state index in [1.165, 1.54) is 106 Å². The molecule has 0 atom stereocenters. The maximum Gasteiger partial charge on any atom is 0.282 e. The predicted molar refractivity (Wildman–Crippen MR) is 226 cm³/mol. The van der Waals surface area contributed by atoms with Crippen molar-refractivity contribution >= 4 is 28.8 Å². The van der Waals surface area contributed by atoms with Crippen molar-refractivity contribution in [2.45, 2.75) is 125 Å². The number of fused-ring (bicyclic) bond motifs is 9. The first-order chi connectivity index (χ1) is 27.9. The molecule has 5 fully saturated rings. The van der Waals surface area contributed by atoms with E-state index in [-0.39, 0.29) is 16.4 Å². The first kappa shape index (κ1) is 36.5. The molecule has 1 aromatic heterocycles. The van der Waals surface area contributed by atoms with E-state index < -0.39 is 0 Å². The Hall–Kier alpha value is -3.56. The number of hydrogen-bond donors (Lipinski definition) is 0. The third-order valence-corrected chi connectivity index (χ3v) is 16.6. The molecule has 0 amide bonds. The molecule has 0 N–H and O–H groups in total. The van der Waals surface area contributed by atoms with Gasteiger partial charge in [0.05, 0.1) is 33.6 Å². The van der Waals surface area contributed by atoms with Crippen LogP contribution in [0, 0.1) is 6.92 Å². The van der Waals surface area contributed by atoms with Gasteiger partial charge in [-0.05, 0) is 133 Å². The molecule has 5 aliphatic heterocycles.